The van der Waals surface area contributed by atoms with Crippen LogP contribution >= 0.6 is 12.2 Å². The summed E-state index contributed by atoms with van der Waals surface area (Å²) < 4.78 is 25.1. The zero-order chi connectivity index (χ0) is 21.8. The molecule has 5 nitrogen and oxygen atoms in total. The van der Waals surface area contributed by atoms with E-state index in [-0.39, 0.29) is 24.2 Å². The van der Waals surface area contributed by atoms with Gasteiger partial charge in [0.1, 0.15) is 12.4 Å². The minimum absolute atomic E-state index is 0.0233. The summed E-state index contributed by atoms with van der Waals surface area (Å²) >= 11 is 5.49. The number of ketones is 1. The van der Waals surface area contributed by atoms with Crippen molar-refractivity contribution in [3.63, 3.8) is 0 Å². The van der Waals surface area contributed by atoms with Crippen LogP contribution in [0, 0.1) is 5.82 Å². The molecular weight excluding hydrogens is 403 g/mol. The van der Waals surface area contributed by atoms with E-state index in [1.165, 1.54) is 6.07 Å². The SMILES string of the molecule is CCN1C(=S)NC(c2ccc(OCc3ccccc3F)c(OC)c2)C(C(C)=O)=C1C. The Morgan fingerprint density at radius 3 is 2.60 bits per heavy atom. The third kappa shape index (κ3) is 4.31. The van der Waals surface area contributed by atoms with Crippen LogP contribution in [0.25, 0.3) is 0 Å². The number of hydrogen-bond donors (Lipinski definition) is 1. The van der Waals surface area contributed by atoms with Crippen molar-refractivity contribution < 1.29 is 18.7 Å². The molecule has 0 saturated carbocycles. The third-order valence-corrected chi connectivity index (χ3v) is 5.49. The Hall–Kier alpha value is -2.93. The number of hydrogen-bond acceptors (Lipinski definition) is 4. The van der Waals surface area contributed by atoms with Gasteiger partial charge in [-0.25, -0.2) is 4.39 Å². The van der Waals surface area contributed by atoms with Crippen LogP contribution in [-0.2, 0) is 11.4 Å². The first-order chi connectivity index (χ1) is 14.4. The Labute approximate surface area is 181 Å². The van der Waals surface area contributed by atoms with Gasteiger partial charge >= 0.3 is 0 Å². The fourth-order valence-corrected chi connectivity index (χ4v) is 4.01. The molecule has 0 saturated heterocycles. The molecule has 0 amide bonds. The first-order valence-electron chi connectivity index (χ1n) is 9.71. The van der Waals surface area contributed by atoms with Crippen LogP contribution in [0.3, 0.4) is 0 Å². The predicted octanol–water partition coefficient (Wildman–Crippen LogP) is 4.53. The van der Waals surface area contributed by atoms with Crippen molar-refractivity contribution in [2.24, 2.45) is 0 Å². The molecule has 0 radical (unpaired) electrons. The number of rotatable bonds is 7. The summed E-state index contributed by atoms with van der Waals surface area (Å²) in [6.45, 7) is 6.20. The van der Waals surface area contributed by atoms with Crippen molar-refractivity contribution in [2.45, 2.75) is 33.4 Å². The van der Waals surface area contributed by atoms with Crippen molar-refractivity contribution in [3.8, 4) is 11.5 Å². The highest BCUT2D eigenvalue weighted by Gasteiger charge is 2.32. The highest BCUT2D eigenvalue weighted by molar-refractivity contribution is 7.80. The highest BCUT2D eigenvalue weighted by Crippen LogP contribution is 2.36. The standard InChI is InChI=1S/C23H25FN2O3S/c1-5-26-14(2)21(15(3)27)22(25-23(26)30)16-10-11-19(20(12-16)28-4)29-13-17-8-6-7-9-18(17)24/h6-12,22H,5,13H2,1-4H3,(H,25,30). The number of halogens is 1. The minimum atomic E-state index is -0.382. The van der Waals surface area contributed by atoms with Gasteiger partial charge in [0.25, 0.3) is 0 Å². The number of nitrogens with one attached hydrogen (secondary N) is 1. The molecule has 1 aliphatic heterocycles. The monoisotopic (exact) mass is 428 g/mol. The van der Waals surface area contributed by atoms with Gasteiger partial charge in [0.2, 0.25) is 0 Å². The second-order valence-corrected chi connectivity index (χ2v) is 7.36. The third-order valence-electron chi connectivity index (χ3n) is 5.15. The van der Waals surface area contributed by atoms with Gasteiger partial charge in [-0.1, -0.05) is 24.3 Å². The maximum Gasteiger partial charge on any atom is 0.173 e. The number of benzene rings is 2. The lowest BCUT2D eigenvalue weighted by Gasteiger charge is -2.37. The number of methoxy groups -OCH3 is 1. The summed E-state index contributed by atoms with van der Waals surface area (Å²) in [5.74, 6) is 0.642. The lowest BCUT2D eigenvalue weighted by Crippen LogP contribution is -2.47. The van der Waals surface area contributed by atoms with E-state index in [0.717, 1.165) is 11.3 Å². The normalized spacial score (nSPS) is 16.4. The summed E-state index contributed by atoms with van der Waals surface area (Å²) in [6.07, 6.45) is 0. The van der Waals surface area contributed by atoms with E-state index in [2.05, 4.69) is 5.32 Å². The number of Topliss-reactive ketones (excluding diaryl/α,β-unsaturated/α-hetero) is 1. The molecule has 1 unspecified atom stereocenters. The Kier molecular flexibility index (Phi) is 6.72. The molecule has 1 aliphatic rings. The Balaban J connectivity index is 1.91. The van der Waals surface area contributed by atoms with E-state index in [0.29, 0.717) is 34.3 Å². The van der Waals surface area contributed by atoms with Crippen molar-refractivity contribution in [1.82, 2.24) is 10.2 Å². The van der Waals surface area contributed by atoms with Crippen molar-refractivity contribution in [1.29, 1.82) is 0 Å². The molecule has 0 aromatic heterocycles. The maximum absolute atomic E-state index is 13.9. The van der Waals surface area contributed by atoms with E-state index in [1.54, 1.807) is 38.3 Å². The summed E-state index contributed by atoms with van der Waals surface area (Å²) in [5.41, 5.74) is 2.79. The first-order valence-corrected chi connectivity index (χ1v) is 10.1. The van der Waals surface area contributed by atoms with Gasteiger partial charge in [-0.3, -0.25) is 4.79 Å². The molecule has 2 aromatic rings. The average Bonchev–Trinajstić information content (AvgIpc) is 2.72. The van der Waals surface area contributed by atoms with Crippen LogP contribution < -0.4 is 14.8 Å². The van der Waals surface area contributed by atoms with E-state index < -0.39 is 0 Å². The number of carbonyl (C=O) groups is 1. The van der Waals surface area contributed by atoms with Crippen LogP contribution in [0.1, 0.15) is 37.9 Å². The Bertz CT molecular complexity index is 1010. The van der Waals surface area contributed by atoms with Crippen LogP contribution in [0.2, 0.25) is 0 Å². The summed E-state index contributed by atoms with van der Waals surface area (Å²) in [7, 11) is 1.54. The number of ether oxygens (including phenoxy) is 2. The van der Waals surface area contributed by atoms with E-state index in [1.807, 2.05) is 30.9 Å². The molecule has 1 atom stereocenters. The quantitative estimate of drug-likeness (QED) is 0.654. The molecule has 1 heterocycles. The topological polar surface area (TPSA) is 50.8 Å². The molecule has 0 aliphatic carbocycles. The zero-order valence-corrected chi connectivity index (χ0v) is 18.3. The number of carbonyl (C=O) groups excluding carboxylic acids is 1. The van der Waals surface area contributed by atoms with Crippen LogP contribution in [0.15, 0.2) is 53.7 Å². The zero-order valence-electron chi connectivity index (χ0n) is 17.5. The lowest BCUT2D eigenvalue weighted by atomic mass is 9.92. The molecule has 30 heavy (non-hydrogen) atoms. The molecule has 7 heteroatoms. The van der Waals surface area contributed by atoms with Crippen molar-refractivity contribution >= 4 is 23.1 Å². The average molecular weight is 429 g/mol. The van der Waals surface area contributed by atoms with Crippen LogP contribution in [0.4, 0.5) is 4.39 Å². The van der Waals surface area contributed by atoms with Gasteiger partial charge in [-0.05, 0) is 56.8 Å². The maximum atomic E-state index is 13.9. The Morgan fingerprint density at radius 1 is 1.23 bits per heavy atom. The summed E-state index contributed by atoms with van der Waals surface area (Å²) in [6, 6.07) is 11.5. The molecule has 0 spiro atoms. The minimum Gasteiger partial charge on any atom is -0.493 e. The highest BCUT2D eigenvalue weighted by atomic mass is 32.1. The van der Waals surface area contributed by atoms with Crippen LogP contribution in [0.5, 0.6) is 11.5 Å². The van der Waals surface area contributed by atoms with Gasteiger partial charge in [0.05, 0.1) is 13.2 Å². The van der Waals surface area contributed by atoms with Crippen LogP contribution in [-0.4, -0.2) is 29.5 Å². The van der Waals surface area contributed by atoms with Gasteiger partial charge in [0, 0.05) is 23.4 Å². The van der Waals surface area contributed by atoms with Crippen molar-refractivity contribution in [2.75, 3.05) is 13.7 Å². The number of nitrogens with zero attached hydrogens (tertiary/aromatic N) is 1. The molecule has 158 valence electrons. The number of thiocarbonyl (C=S) groups is 1. The van der Waals surface area contributed by atoms with Gasteiger partial charge in [0.15, 0.2) is 22.4 Å². The van der Waals surface area contributed by atoms with Gasteiger partial charge in [-0.15, -0.1) is 0 Å². The second-order valence-electron chi connectivity index (χ2n) is 6.97. The largest absolute Gasteiger partial charge is 0.493 e. The first kappa shape index (κ1) is 21.8. The lowest BCUT2D eigenvalue weighted by molar-refractivity contribution is -0.114. The smallest absolute Gasteiger partial charge is 0.173 e. The van der Waals surface area contributed by atoms with E-state index in [9.17, 15) is 9.18 Å². The summed E-state index contributed by atoms with van der Waals surface area (Å²) in [5, 5.41) is 3.84. The Morgan fingerprint density at radius 2 is 1.97 bits per heavy atom. The van der Waals surface area contributed by atoms with Gasteiger partial charge in [-0.2, -0.15) is 0 Å². The predicted molar refractivity (Wildman–Crippen MR) is 118 cm³/mol. The molecular formula is C23H25FN2O3S. The van der Waals surface area contributed by atoms with E-state index >= 15 is 0 Å². The summed E-state index contributed by atoms with van der Waals surface area (Å²) in [4.78, 5) is 14.3. The van der Waals surface area contributed by atoms with Gasteiger partial charge < -0.3 is 19.7 Å². The molecule has 3 rings (SSSR count). The molecule has 1 N–H and O–H groups in total. The number of allylic oxidation sites excluding steroid dienone is 1. The fourth-order valence-electron chi connectivity index (χ4n) is 3.62. The molecule has 2 aromatic carbocycles. The van der Waals surface area contributed by atoms with Crippen molar-refractivity contribution in [3.05, 3.63) is 70.7 Å². The van der Waals surface area contributed by atoms with E-state index in [4.69, 9.17) is 21.7 Å². The molecule has 0 bridgehead atoms. The second kappa shape index (κ2) is 9.26. The fraction of sp³-hybridized carbons (Fsp3) is 0.304. The molecule has 0 fully saturated rings.